The molecular weight excluding hydrogens is 372 g/mol. The molecule has 0 radical (unpaired) electrons. The molecule has 0 spiro atoms. The summed E-state index contributed by atoms with van der Waals surface area (Å²) in [4.78, 5) is 15.2. The zero-order valence-electron chi connectivity index (χ0n) is 16.1. The molecule has 2 N–H and O–H groups in total. The molecule has 1 aromatic heterocycles. The topological polar surface area (TPSA) is 72.1 Å². The zero-order valence-corrected chi connectivity index (χ0v) is 16.8. The van der Waals surface area contributed by atoms with E-state index in [2.05, 4.69) is 21.2 Å². The molecule has 4 rings (SSSR count). The van der Waals surface area contributed by atoms with Crippen LogP contribution in [0.4, 0.5) is 0 Å². The van der Waals surface area contributed by atoms with Gasteiger partial charge >= 0.3 is 0 Å². The average Bonchev–Trinajstić information content (AvgIpc) is 3.57. The summed E-state index contributed by atoms with van der Waals surface area (Å²) in [5.74, 6) is 0.641. The first kappa shape index (κ1) is 19.3. The molecule has 0 atom stereocenters. The van der Waals surface area contributed by atoms with Crippen LogP contribution in [0.2, 0.25) is 5.02 Å². The summed E-state index contributed by atoms with van der Waals surface area (Å²) in [6, 6.07) is 11.8. The number of rotatable bonds is 6. The lowest BCUT2D eigenvalue weighted by Crippen LogP contribution is -2.48. The van der Waals surface area contributed by atoms with E-state index in [-0.39, 0.29) is 17.4 Å². The molecule has 2 aliphatic rings. The van der Waals surface area contributed by atoms with Crippen LogP contribution in [0.5, 0.6) is 0 Å². The molecule has 2 aromatic rings. The molecule has 0 bridgehead atoms. The first-order chi connectivity index (χ1) is 13.6. The van der Waals surface area contributed by atoms with Crippen LogP contribution >= 0.6 is 11.6 Å². The smallest absolute Gasteiger partial charge is 0.274 e. The number of nitrogens with zero attached hydrogens (tertiary/aromatic N) is 3. The average molecular weight is 399 g/mol. The van der Waals surface area contributed by atoms with E-state index < -0.39 is 0 Å². The van der Waals surface area contributed by atoms with Crippen molar-refractivity contribution >= 4 is 17.5 Å². The summed E-state index contributed by atoms with van der Waals surface area (Å²) in [7, 11) is 0. The van der Waals surface area contributed by atoms with Gasteiger partial charge in [-0.1, -0.05) is 23.7 Å². The van der Waals surface area contributed by atoms with E-state index in [9.17, 15) is 4.79 Å². The van der Waals surface area contributed by atoms with Crippen molar-refractivity contribution in [1.29, 1.82) is 0 Å². The van der Waals surface area contributed by atoms with Crippen LogP contribution < -0.4 is 5.73 Å². The third-order valence-electron chi connectivity index (χ3n) is 6.38. The van der Waals surface area contributed by atoms with E-state index in [0.717, 1.165) is 37.3 Å². The number of carbonyl (C=O) groups is 1. The third kappa shape index (κ3) is 4.06. The van der Waals surface area contributed by atoms with Crippen LogP contribution in [-0.4, -0.2) is 40.1 Å². The van der Waals surface area contributed by atoms with Gasteiger partial charge in [0, 0.05) is 35.8 Å². The van der Waals surface area contributed by atoms with Crippen molar-refractivity contribution < 1.29 is 4.79 Å². The number of hydrogen-bond acceptors (Lipinski definition) is 4. The van der Waals surface area contributed by atoms with Crippen LogP contribution in [-0.2, 0) is 5.41 Å². The second-order valence-corrected chi connectivity index (χ2v) is 8.67. The van der Waals surface area contributed by atoms with Gasteiger partial charge in [-0.05, 0) is 74.3 Å². The van der Waals surface area contributed by atoms with Crippen LogP contribution in [0.25, 0.3) is 0 Å². The Hall–Kier alpha value is -1.98. The van der Waals surface area contributed by atoms with E-state index in [4.69, 9.17) is 17.3 Å². The number of carbonyl (C=O) groups excluding carboxylic acids is 1. The molecule has 0 saturated heterocycles. The van der Waals surface area contributed by atoms with Gasteiger partial charge in [0.2, 0.25) is 0 Å². The monoisotopic (exact) mass is 398 g/mol. The Kier molecular flexibility index (Phi) is 5.65. The van der Waals surface area contributed by atoms with Crippen molar-refractivity contribution in [1.82, 2.24) is 15.1 Å². The van der Waals surface area contributed by atoms with E-state index in [0.29, 0.717) is 18.2 Å². The lowest BCUT2D eigenvalue weighted by atomic mass is 9.68. The predicted octanol–water partition coefficient (Wildman–Crippen LogP) is 3.82. The van der Waals surface area contributed by atoms with Crippen LogP contribution in [0, 0.1) is 5.92 Å². The first-order valence-electron chi connectivity index (χ1n) is 10.2. The minimum absolute atomic E-state index is 0.00741. The number of benzene rings is 1. The van der Waals surface area contributed by atoms with Gasteiger partial charge in [0.1, 0.15) is 0 Å². The molecule has 2 fully saturated rings. The highest BCUT2D eigenvalue weighted by Crippen LogP contribution is 2.42. The molecular formula is C22H27ClN4O. The molecule has 2 saturated carbocycles. The van der Waals surface area contributed by atoms with Crippen molar-refractivity contribution in [2.45, 2.75) is 50.0 Å². The molecule has 2 aliphatic carbocycles. The molecule has 1 aromatic carbocycles. The highest BCUT2D eigenvalue weighted by atomic mass is 35.5. The largest absolute Gasteiger partial charge is 0.334 e. The fourth-order valence-electron chi connectivity index (χ4n) is 4.43. The van der Waals surface area contributed by atoms with Crippen molar-refractivity contribution in [3.05, 3.63) is 58.9 Å². The van der Waals surface area contributed by atoms with Crippen molar-refractivity contribution in [2.75, 3.05) is 13.1 Å². The SMILES string of the molecule is NC[C@]1(c2cccc(Cl)c2)CC[C@@H](N(CC2CC2)C(=O)c2cccnn2)CC1. The van der Waals surface area contributed by atoms with Crippen LogP contribution in [0.1, 0.15) is 54.6 Å². The van der Waals surface area contributed by atoms with Gasteiger partial charge in [0.05, 0.1) is 0 Å². The van der Waals surface area contributed by atoms with Crippen molar-refractivity contribution in [3.8, 4) is 0 Å². The van der Waals surface area contributed by atoms with E-state index in [1.807, 2.05) is 18.2 Å². The predicted molar refractivity (Wildman–Crippen MR) is 110 cm³/mol. The molecule has 6 heteroatoms. The minimum atomic E-state index is -0.0533. The van der Waals surface area contributed by atoms with Crippen molar-refractivity contribution in [3.63, 3.8) is 0 Å². The Morgan fingerprint density at radius 2 is 1.96 bits per heavy atom. The maximum Gasteiger partial charge on any atom is 0.274 e. The van der Waals surface area contributed by atoms with Crippen LogP contribution in [0.3, 0.4) is 0 Å². The second kappa shape index (κ2) is 8.18. The highest BCUT2D eigenvalue weighted by molar-refractivity contribution is 6.30. The maximum absolute atomic E-state index is 13.1. The van der Waals surface area contributed by atoms with Crippen molar-refractivity contribution in [2.24, 2.45) is 11.7 Å². The fourth-order valence-corrected chi connectivity index (χ4v) is 4.63. The Bertz CT molecular complexity index is 816. The lowest BCUT2D eigenvalue weighted by Gasteiger charge is -2.43. The molecule has 0 unspecified atom stereocenters. The zero-order chi connectivity index (χ0) is 19.6. The highest BCUT2D eigenvalue weighted by Gasteiger charge is 2.40. The van der Waals surface area contributed by atoms with E-state index >= 15 is 0 Å². The Balaban J connectivity index is 1.51. The number of halogens is 1. The summed E-state index contributed by atoms with van der Waals surface area (Å²) in [5.41, 5.74) is 7.84. The van der Waals surface area contributed by atoms with Gasteiger partial charge in [0.25, 0.3) is 5.91 Å². The number of nitrogens with two attached hydrogens (primary N) is 1. The molecule has 148 valence electrons. The summed E-state index contributed by atoms with van der Waals surface area (Å²) >= 11 is 6.23. The van der Waals surface area contributed by atoms with Gasteiger partial charge < -0.3 is 10.6 Å². The number of amides is 1. The fraction of sp³-hybridized carbons (Fsp3) is 0.500. The number of aromatic nitrogens is 2. The third-order valence-corrected chi connectivity index (χ3v) is 6.62. The Morgan fingerprint density at radius 1 is 1.18 bits per heavy atom. The molecule has 1 heterocycles. The van der Waals surface area contributed by atoms with Gasteiger partial charge in [-0.25, -0.2) is 0 Å². The quantitative estimate of drug-likeness (QED) is 0.802. The second-order valence-electron chi connectivity index (χ2n) is 8.24. The van der Waals surface area contributed by atoms with E-state index in [1.54, 1.807) is 18.3 Å². The maximum atomic E-state index is 13.1. The molecule has 0 aliphatic heterocycles. The molecule has 5 nitrogen and oxygen atoms in total. The summed E-state index contributed by atoms with van der Waals surface area (Å²) in [5, 5.41) is 8.68. The lowest BCUT2D eigenvalue weighted by molar-refractivity contribution is 0.0574. The summed E-state index contributed by atoms with van der Waals surface area (Å²) < 4.78 is 0. The van der Waals surface area contributed by atoms with Crippen LogP contribution in [0.15, 0.2) is 42.6 Å². The van der Waals surface area contributed by atoms with Gasteiger partial charge in [-0.2, -0.15) is 5.10 Å². The normalized spacial score (nSPS) is 24.7. The van der Waals surface area contributed by atoms with E-state index in [1.165, 1.54) is 18.4 Å². The molecule has 1 amide bonds. The van der Waals surface area contributed by atoms with Gasteiger partial charge in [-0.3, -0.25) is 4.79 Å². The standard InChI is InChI=1S/C22H27ClN4O/c23-18-4-1-3-17(13-18)22(15-24)10-8-19(9-11-22)27(14-16-6-7-16)21(28)20-5-2-12-25-26-20/h1-5,12-13,16,19H,6-11,14-15,24H2/t19-,22+. The summed E-state index contributed by atoms with van der Waals surface area (Å²) in [6.07, 6.45) is 7.85. The number of hydrogen-bond donors (Lipinski definition) is 1. The first-order valence-corrected chi connectivity index (χ1v) is 10.5. The minimum Gasteiger partial charge on any atom is -0.334 e. The summed E-state index contributed by atoms with van der Waals surface area (Å²) in [6.45, 7) is 1.42. The Labute approximate surface area is 171 Å². The molecule has 28 heavy (non-hydrogen) atoms. The Morgan fingerprint density at radius 3 is 2.57 bits per heavy atom. The van der Waals surface area contributed by atoms with Gasteiger partial charge in [-0.15, -0.1) is 5.10 Å². The van der Waals surface area contributed by atoms with Gasteiger partial charge in [0.15, 0.2) is 5.69 Å².